The zero-order chi connectivity index (χ0) is 54.2. The van der Waals surface area contributed by atoms with E-state index in [1.165, 1.54) is 83.5 Å². The van der Waals surface area contributed by atoms with E-state index in [1.54, 1.807) is 91.8 Å². The molecular formula is C61H50F2N4O10. The van der Waals surface area contributed by atoms with Crippen molar-refractivity contribution in [1.82, 2.24) is 9.80 Å². The number of allylic oxidation sites excluding steroid dienone is 1. The van der Waals surface area contributed by atoms with Crippen molar-refractivity contribution in [2.24, 2.45) is 11.8 Å². The van der Waals surface area contributed by atoms with Gasteiger partial charge in [0.05, 0.1) is 65.0 Å². The number of carbonyl (C=O) groups is 6. The standard InChI is InChI=1S/C61H50F2N4O10/c1-64(2)46-31-47-60(42-29-38(62)23-25-44(42)65(58(60)72)32-34-15-9-7-10-16-34)50(53(68)36-19-13-21-40(27-36)74-3)48(46)55-61(43-30-39(63)24-26-45(43)66(59(61)73)33-35-17-11-8-12-18-35)51(54(69)37-20-14-22-41(28-37)75-4)49(56(70)76-5)52(67(47)55)57(71)77-6/h7-31,47,50-51H,32-33H2,1-6H3. The highest BCUT2D eigenvalue weighted by molar-refractivity contribution is 6.22. The molecule has 0 saturated heterocycles. The van der Waals surface area contributed by atoms with Crippen LogP contribution in [0, 0.1) is 23.5 Å². The minimum Gasteiger partial charge on any atom is -0.497 e. The molecule has 2 spiro atoms. The van der Waals surface area contributed by atoms with E-state index in [2.05, 4.69) is 0 Å². The average molecular weight is 1040 g/mol. The number of carbonyl (C=O) groups excluding carboxylic acids is 6. The molecule has 2 amide bonds. The number of anilines is 2. The van der Waals surface area contributed by atoms with Gasteiger partial charge in [-0.1, -0.05) is 84.9 Å². The summed E-state index contributed by atoms with van der Waals surface area (Å²) in [7, 11) is 8.30. The smallest absolute Gasteiger partial charge is 0.355 e. The number of hydrogen-bond acceptors (Lipinski definition) is 12. The van der Waals surface area contributed by atoms with Gasteiger partial charge in [0, 0.05) is 59.1 Å². The second-order valence-corrected chi connectivity index (χ2v) is 19.6. The predicted octanol–water partition coefficient (Wildman–Crippen LogP) is 8.26. The summed E-state index contributed by atoms with van der Waals surface area (Å²) in [6.45, 7) is -0.198. The van der Waals surface area contributed by atoms with Crippen molar-refractivity contribution in [2.45, 2.75) is 30.0 Å². The molecule has 0 N–H and O–H groups in total. The third-order valence-electron chi connectivity index (χ3n) is 15.6. The van der Waals surface area contributed by atoms with Crippen molar-refractivity contribution < 1.29 is 56.5 Å². The van der Waals surface area contributed by atoms with E-state index >= 15 is 37.5 Å². The Balaban J connectivity index is 1.36. The summed E-state index contributed by atoms with van der Waals surface area (Å²) in [5.41, 5.74) is -4.47. The molecule has 12 rings (SSSR count). The summed E-state index contributed by atoms with van der Waals surface area (Å²) >= 11 is 0. The second kappa shape index (κ2) is 18.9. The van der Waals surface area contributed by atoms with Gasteiger partial charge in [0.15, 0.2) is 11.6 Å². The van der Waals surface area contributed by atoms with Crippen LogP contribution in [0.15, 0.2) is 180 Å². The first kappa shape index (κ1) is 50.0. The van der Waals surface area contributed by atoms with Gasteiger partial charge >= 0.3 is 11.9 Å². The highest BCUT2D eigenvalue weighted by Gasteiger charge is 2.76. The summed E-state index contributed by atoms with van der Waals surface area (Å²) < 4.78 is 55.6. The zero-order valence-corrected chi connectivity index (χ0v) is 42.7. The number of halogens is 2. The van der Waals surface area contributed by atoms with E-state index in [4.69, 9.17) is 18.9 Å². The molecule has 6 aliphatic rings. The maximum atomic E-state index is 17.1. The number of rotatable bonds is 13. The lowest BCUT2D eigenvalue weighted by Crippen LogP contribution is -2.71. The van der Waals surface area contributed by atoms with E-state index in [-0.39, 0.29) is 75.2 Å². The predicted molar refractivity (Wildman–Crippen MR) is 279 cm³/mol. The molecule has 2 bridgehead atoms. The van der Waals surface area contributed by atoms with E-state index in [0.29, 0.717) is 11.1 Å². The second-order valence-electron chi connectivity index (χ2n) is 19.6. The third-order valence-corrected chi connectivity index (χ3v) is 15.6. The first-order valence-corrected chi connectivity index (χ1v) is 24.7. The number of ether oxygens (including phenoxy) is 4. The van der Waals surface area contributed by atoms with Crippen molar-refractivity contribution in [3.8, 4) is 11.5 Å². The van der Waals surface area contributed by atoms with Crippen LogP contribution in [0.1, 0.15) is 43.0 Å². The summed E-state index contributed by atoms with van der Waals surface area (Å²) in [5, 5.41) is 0. The van der Waals surface area contributed by atoms with Crippen molar-refractivity contribution in [3.63, 3.8) is 0 Å². The fourth-order valence-electron chi connectivity index (χ4n) is 12.5. The molecule has 5 atom stereocenters. The fourth-order valence-corrected chi connectivity index (χ4v) is 12.5. The first-order valence-electron chi connectivity index (χ1n) is 24.7. The number of hydrogen-bond donors (Lipinski definition) is 0. The Morgan fingerprint density at radius 1 is 0.584 bits per heavy atom. The van der Waals surface area contributed by atoms with Gasteiger partial charge in [-0.25, -0.2) is 18.4 Å². The summed E-state index contributed by atoms with van der Waals surface area (Å²) in [6, 6.07) is 36.2. The van der Waals surface area contributed by atoms with E-state index in [0.717, 1.165) is 20.3 Å². The Hall–Kier alpha value is -9.18. The van der Waals surface area contributed by atoms with Crippen LogP contribution in [0.3, 0.4) is 0 Å². The van der Waals surface area contributed by atoms with Crippen LogP contribution in [0.4, 0.5) is 20.2 Å². The zero-order valence-electron chi connectivity index (χ0n) is 42.7. The van der Waals surface area contributed by atoms with Gasteiger partial charge < -0.3 is 38.5 Å². The number of amides is 2. The van der Waals surface area contributed by atoms with Gasteiger partial charge in [0.2, 0.25) is 11.8 Å². The topological polar surface area (TPSA) is 152 Å². The lowest BCUT2D eigenvalue weighted by Gasteiger charge is -2.61. The van der Waals surface area contributed by atoms with Crippen LogP contribution in [-0.2, 0) is 52.6 Å². The van der Waals surface area contributed by atoms with Crippen molar-refractivity contribution in [1.29, 1.82) is 0 Å². The number of Topliss-reactive ketones (excluding diaryl/α,β-unsaturated/α-hetero) is 2. The molecule has 6 aromatic rings. The normalized spacial score (nSPS) is 21.7. The number of nitrogens with zero attached hydrogens (tertiary/aromatic N) is 4. The molecule has 0 aromatic heterocycles. The molecule has 6 aromatic carbocycles. The lowest BCUT2D eigenvalue weighted by atomic mass is 9.50. The Morgan fingerprint density at radius 3 is 1.61 bits per heavy atom. The molecule has 5 unspecified atom stereocenters. The first-order chi connectivity index (χ1) is 37.2. The van der Waals surface area contributed by atoms with Gasteiger partial charge in [0.1, 0.15) is 39.7 Å². The van der Waals surface area contributed by atoms with Crippen molar-refractivity contribution >= 4 is 46.7 Å². The van der Waals surface area contributed by atoms with Gasteiger partial charge in [-0.05, 0) is 83.4 Å². The molecule has 0 fully saturated rings. The molecule has 16 heteroatoms. The average Bonchev–Trinajstić information content (AvgIpc) is 2.62. The lowest BCUT2D eigenvalue weighted by molar-refractivity contribution is -0.143. The maximum Gasteiger partial charge on any atom is 0.355 e. The summed E-state index contributed by atoms with van der Waals surface area (Å²) in [6.07, 6.45) is 1.65. The Morgan fingerprint density at radius 2 is 1.09 bits per heavy atom. The highest BCUT2D eigenvalue weighted by Crippen LogP contribution is 2.68. The van der Waals surface area contributed by atoms with Crippen LogP contribution in [0.25, 0.3) is 0 Å². The largest absolute Gasteiger partial charge is 0.497 e. The molecular weight excluding hydrogens is 987 g/mol. The van der Waals surface area contributed by atoms with Gasteiger partial charge in [-0.2, -0.15) is 0 Å². The quantitative estimate of drug-likeness (QED) is 0.0809. The van der Waals surface area contributed by atoms with Gasteiger partial charge in [-0.15, -0.1) is 0 Å². The molecule has 0 radical (unpaired) electrons. The monoisotopic (exact) mass is 1040 g/mol. The molecule has 1 aliphatic carbocycles. The van der Waals surface area contributed by atoms with Crippen LogP contribution >= 0.6 is 0 Å². The van der Waals surface area contributed by atoms with E-state index in [9.17, 15) is 0 Å². The molecule has 5 heterocycles. The van der Waals surface area contributed by atoms with Crippen molar-refractivity contribution in [3.05, 3.63) is 225 Å². The number of ketones is 2. The number of fused-ring (bicyclic) bond motifs is 3. The molecule has 14 nitrogen and oxygen atoms in total. The van der Waals surface area contributed by atoms with E-state index in [1.807, 2.05) is 18.2 Å². The van der Waals surface area contributed by atoms with Crippen molar-refractivity contribution in [2.75, 3.05) is 52.3 Å². The fraction of sp³-hybridized carbons (Fsp3) is 0.213. The number of likely N-dealkylation sites (N-methyl/N-ethyl adjacent to an activating group) is 1. The van der Waals surface area contributed by atoms with Crippen LogP contribution < -0.4 is 19.3 Å². The summed E-state index contributed by atoms with van der Waals surface area (Å²) in [4.78, 5) is 103. The number of methoxy groups -OCH3 is 4. The third kappa shape index (κ3) is 7.25. The Kier molecular flexibility index (Phi) is 12.3. The minimum atomic E-state index is -2.60. The van der Waals surface area contributed by atoms with E-state index < -0.39 is 86.9 Å². The molecule has 388 valence electrons. The molecule has 77 heavy (non-hydrogen) atoms. The van der Waals surface area contributed by atoms with Crippen LogP contribution in [0.2, 0.25) is 0 Å². The molecule has 0 saturated carbocycles. The van der Waals surface area contributed by atoms with Gasteiger partial charge in [-0.3, -0.25) is 19.2 Å². The maximum absolute atomic E-state index is 17.1. The minimum absolute atomic E-state index is 0.0469. The number of benzene rings is 6. The summed E-state index contributed by atoms with van der Waals surface area (Å²) in [5.74, 6) is -10.5. The SMILES string of the molecule is COC(=O)C1=C(C(=O)OC)N2C(=C3C(N(C)C)=CC2C2(C(=O)N(Cc4ccccc4)c4ccc(F)cc42)C3C(=O)c2cccc(OC)c2)C2(C(=O)N(Cc3ccccc3)c3ccc(F)cc32)C1C(=O)c1cccc(OC)c1. The highest BCUT2D eigenvalue weighted by atomic mass is 19.1. The Labute approximate surface area is 442 Å². The van der Waals surface area contributed by atoms with Gasteiger partial charge in [0.25, 0.3) is 0 Å². The molecule has 5 aliphatic heterocycles. The Bertz CT molecular complexity index is 3620. The number of esters is 2. The van der Waals surface area contributed by atoms with Crippen LogP contribution in [-0.4, -0.2) is 93.7 Å². The van der Waals surface area contributed by atoms with Crippen LogP contribution in [0.5, 0.6) is 11.5 Å².